The van der Waals surface area contributed by atoms with Crippen LogP contribution >= 0.6 is 0 Å². The Morgan fingerprint density at radius 1 is 1.24 bits per heavy atom. The van der Waals surface area contributed by atoms with Crippen LogP contribution in [0.5, 0.6) is 0 Å². The molecule has 0 fully saturated rings. The van der Waals surface area contributed by atoms with Gasteiger partial charge in [0.25, 0.3) is 0 Å². The standard InChI is InChI=1S/C15H16N6/c1-10-6-4-5-7-11(10)8-12(9-16)13-18-14(17)20-15(19-13)21(2)3/h4-8H,1-3H3,(H2,17,18,19,20). The van der Waals surface area contributed by atoms with Gasteiger partial charge in [0.1, 0.15) is 6.07 Å². The first kappa shape index (κ1) is 14.5. The fourth-order valence-corrected chi connectivity index (χ4v) is 1.75. The zero-order valence-electron chi connectivity index (χ0n) is 12.2. The van der Waals surface area contributed by atoms with Crippen LogP contribution in [0.2, 0.25) is 0 Å². The van der Waals surface area contributed by atoms with Gasteiger partial charge in [-0.05, 0) is 24.1 Å². The SMILES string of the molecule is Cc1ccccc1C=C(C#N)c1nc(N)nc(N(C)C)n1. The smallest absolute Gasteiger partial charge is 0.230 e. The van der Waals surface area contributed by atoms with E-state index in [4.69, 9.17) is 5.73 Å². The van der Waals surface area contributed by atoms with E-state index in [1.54, 1.807) is 25.1 Å². The molecule has 0 aliphatic heterocycles. The summed E-state index contributed by atoms with van der Waals surface area (Å²) in [6.07, 6.45) is 1.75. The maximum Gasteiger partial charge on any atom is 0.230 e. The predicted molar refractivity (Wildman–Crippen MR) is 83.2 cm³/mol. The predicted octanol–water partition coefficient (Wildman–Crippen LogP) is 1.89. The highest BCUT2D eigenvalue weighted by atomic mass is 15.3. The number of nitriles is 1. The van der Waals surface area contributed by atoms with Crippen LogP contribution in [0.4, 0.5) is 11.9 Å². The first-order valence-corrected chi connectivity index (χ1v) is 6.38. The van der Waals surface area contributed by atoms with Gasteiger partial charge in [0.05, 0.1) is 5.57 Å². The Morgan fingerprint density at radius 2 is 1.95 bits per heavy atom. The van der Waals surface area contributed by atoms with E-state index in [0.717, 1.165) is 11.1 Å². The maximum absolute atomic E-state index is 9.38. The van der Waals surface area contributed by atoms with Crippen LogP contribution in [0.3, 0.4) is 0 Å². The lowest BCUT2D eigenvalue weighted by Gasteiger charge is -2.11. The van der Waals surface area contributed by atoms with Crippen molar-refractivity contribution in [2.45, 2.75) is 6.92 Å². The number of allylic oxidation sites excluding steroid dienone is 1. The third-order valence-corrected chi connectivity index (χ3v) is 2.89. The highest BCUT2D eigenvalue weighted by Gasteiger charge is 2.11. The number of hydrogen-bond acceptors (Lipinski definition) is 6. The monoisotopic (exact) mass is 280 g/mol. The topological polar surface area (TPSA) is 91.7 Å². The van der Waals surface area contributed by atoms with Gasteiger partial charge in [0, 0.05) is 14.1 Å². The zero-order valence-corrected chi connectivity index (χ0v) is 12.2. The highest BCUT2D eigenvalue weighted by molar-refractivity contribution is 5.87. The Morgan fingerprint density at radius 3 is 2.57 bits per heavy atom. The van der Waals surface area contributed by atoms with Crippen LogP contribution < -0.4 is 10.6 Å². The molecule has 0 aliphatic carbocycles. The van der Waals surface area contributed by atoms with Gasteiger partial charge in [-0.1, -0.05) is 24.3 Å². The van der Waals surface area contributed by atoms with Gasteiger partial charge in [-0.25, -0.2) is 0 Å². The Hall–Kier alpha value is -2.94. The first-order chi connectivity index (χ1) is 10.0. The molecule has 2 rings (SSSR count). The molecule has 1 aromatic heterocycles. The van der Waals surface area contributed by atoms with Crippen molar-refractivity contribution in [3.8, 4) is 6.07 Å². The number of rotatable bonds is 3. The summed E-state index contributed by atoms with van der Waals surface area (Å²) >= 11 is 0. The molecule has 0 unspecified atom stereocenters. The first-order valence-electron chi connectivity index (χ1n) is 6.38. The number of aryl methyl sites for hydroxylation is 1. The molecule has 0 bridgehead atoms. The van der Waals surface area contributed by atoms with Crippen molar-refractivity contribution in [1.29, 1.82) is 5.26 Å². The molecule has 0 atom stereocenters. The largest absolute Gasteiger partial charge is 0.368 e. The molecule has 1 heterocycles. The molecule has 2 N–H and O–H groups in total. The van der Waals surface area contributed by atoms with Crippen molar-refractivity contribution < 1.29 is 0 Å². The lowest BCUT2D eigenvalue weighted by Crippen LogP contribution is -2.15. The molecule has 0 saturated heterocycles. The van der Waals surface area contributed by atoms with Crippen LogP contribution in [0, 0.1) is 18.3 Å². The van der Waals surface area contributed by atoms with Gasteiger partial charge in [0.2, 0.25) is 11.9 Å². The zero-order chi connectivity index (χ0) is 15.4. The van der Waals surface area contributed by atoms with E-state index in [2.05, 4.69) is 21.0 Å². The molecule has 6 heteroatoms. The van der Waals surface area contributed by atoms with E-state index >= 15 is 0 Å². The molecule has 6 nitrogen and oxygen atoms in total. The van der Waals surface area contributed by atoms with Crippen molar-refractivity contribution in [3.63, 3.8) is 0 Å². The van der Waals surface area contributed by atoms with E-state index in [-0.39, 0.29) is 11.8 Å². The quantitative estimate of drug-likeness (QED) is 0.863. The number of benzene rings is 1. The number of anilines is 2. The second-order valence-electron chi connectivity index (χ2n) is 4.74. The lowest BCUT2D eigenvalue weighted by atomic mass is 10.1. The van der Waals surface area contributed by atoms with Crippen LogP contribution in [-0.2, 0) is 0 Å². The summed E-state index contributed by atoms with van der Waals surface area (Å²) in [5.41, 5.74) is 8.05. The Balaban J connectivity index is 2.53. The van der Waals surface area contributed by atoms with Crippen LogP contribution in [0.1, 0.15) is 17.0 Å². The number of aromatic nitrogens is 3. The second kappa shape index (κ2) is 6.01. The summed E-state index contributed by atoms with van der Waals surface area (Å²) in [4.78, 5) is 14.0. The molecular formula is C15H16N6. The Labute approximate surface area is 123 Å². The van der Waals surface area contributed by atoms with Gasteiger partial charge in [0.15, 0.2) is 5.82 Å². The van der Waals surface area contributed by atoms with Crippen molar-refractivity contribution in [1.82, 2.24) is 15.0 Å². The molecule has 0 saturated carbocycles. The van der Waals surface area contributed by atoms with Gasteiger partial charge in [-0.15, -0.1) is 0 Å². The summed E-state index contributed by atoms with van der Waals surface area (Å²) in [5.74, 6) is 0.787. The normalized spacial score (nSPS) is 11.0. The number of nitrogens with zero attached hydrogens (tertiary/aromatic N) is 5. The summed E-state index contributed by atoms with van der Waals surface area (Å²) in [6.45, 7) is 1.98. The third-order valence-electron chi connectivity index (χ3n) is 2.89. The molecule has 2 aromatic rings. The van der Waals surface area contributed by atoms with Crippen LogP contribution in [-0.4, -0.2) is 29.0 Å². The van der Waals surface area contributed by atoms with Gasteiger partial charge < -0.3 is 10.6 Å². The summed E-state index contributed by atoms with van der Waals surface area (Å²) in [6, 6.07) is 9.90. The molecule has 0 amide bonds. The van der Waals surface area contributed by atoms with E-state index in [1.165, 1.54) is 0 Å². The second-order valence-corrected chi connectivity index (χ2v) is 4.74. The Kier molecular flexibility index (Phi) is 4.14. The maximum atomic E-state index is 9.38. The molecule has 0 spiro atoms. The van der Waals surface area contributed by atoms with E-state index in [0.29, 0.717) is 11.5 Å². The van der Waals surface area contributed by atoms with E-state index < -0.39 is 0 Å². The lowest BCUT2D eigenvalue weighted by molar-refractivity contribution is 0.952. The summed E-state index contributed by atoms with van der Waals surface area (Å²) in [5, 5.41) is 9.38. The van der Waals surface area contributed by atoms with Gasteiger partial charge in [-0.3, -0.25) is 0 Å². The van der Waals surface area contributed by atoms with Crippen molar-refractivity contribution in [2.24, 2.45) is 0 Å². The van der Waals surface area contributed by atoms with Gasteiger partial charge >= 0.3 is 0 Å². The third kappa shape index (κ3) is 3.34. The Bertz CT molecular complexity index is 727. The number of nitrogen functional groups attached to an aromatic ring is 1. The fraction of sp³-hybridized carbons (Fsp3) is 0.200. The van der Waals surface area contributed by atoms with E-state index in [9.17, 15) is 5.26 Å². The minimum atomic E-state index is 0.0923. The average molecular weight is 280 g/mol. The van der Waals surface area contributed by atoms with Crippen molar-refractivity contribution in [2.75, 3.05) is 24.7 Å². The minimum Gasteiger partial charge on any atom is -0.368 e. The molecule has 21 heavy (non-hydrogen) atoms. The molecular weight excluding hydrogens is 264 g/mol. The fourth-order valence-electron chi connectivity index (χ4n) is 1.75. The minimum absolute atomic E-state index is 0.0923. The van der Waals surface area contributed by atoms with E-state index in [1.807, 2.05) is 31.2 Å². The van der Waals surface area contributed by atoms with Gasteiger partial charge in [-0.2, -0.15) is 20.2 Å². The van der Waals surface area contributed by atoms with Crippen LogP contribution in [0.25, 0.3) is 11.6 Å². The molecule has 0 radical (unpaired) electrons. The molecule has 106 valence electrons. The van der Waals surface area contributed by atoms with Crippen molar-refractivity contribution in [3.05, 3.63) is 41.2 Å². The average Bonchev–Trinajstić information content (AvgIpc) is 2.45. The highest BCUT2D eigenvalue weighted by Crippen LogP contribution is 2.18. The number of nitrogens with two attached hydrogens (primary N) is 1. The number of hydrogen-bond donors (Lipinski definition) is 1. The summed E-state index contributed by atoms with van der Waals surface area (Å²) in [7, 11) is 3.60. The molecule has 1 aromatic carbocycles. The van der Waals surface area contributed by atoms with Crippen molar-refractivity contribution >= 4 is 23.5 Å². The molecule has 0 aliphatic rings. The summed E-state index contributed by atoms with van der Waals surface area (Å²) < 4.78 is 0. The van der Waals surface area contributed by atoms with Crippen LogP contribution in [0.15, 0.2) is 24.3 Å².